The van der Waals surface area contributed by atoms with Gasteiger partial charge in [0, 0.05) is 59.5 Å². The predicted molar refractivity (Wildman–Crippen MR) is 125 cm³/mol. The molecule has 0 amide bonds. The molecule has 2 heterocycles. The van der Waals surface area contributed by atoms with Gasteiger partial charge in [-0.15, -0.1) is 0 Å². The minimum Gasteiger partial charge on any atom is -0.390 e. The highest BCUT2D eigenvalue weighted by Gasteiger charge is 2.53. The van der Waals surface area contributed by atoms with E-state index in [0.29, 0.717) is 0 Å². The van der Waals surface area contributed by atoms with E-state index in [1.54, 1.807) is 23.5 Å². The van der Waals surface area contributed by atoms with Crippen LogP contribution < -0.4 is 0 Å². The van der Waals surface area contributed by atoms with Crippen LogP contribution in [0.25, 0.3) is 0 Å². The topological polar surface area (TPSA) is 76.1 Å². The van der Waals surface area contributed by atoms with E-state index in [9.17, 15) is 10.2 Å². The van der Waals surface area contributed by atoms with Crippen LogP contribution in [0.3, 0.4) is 0 Å². The molecule has 0 bridgehead atoms. The van der Waals surface area contributed by atoms with Crippen molar-refractivity contribution in [2.75, 3.05) is 0 Å². The van der Waals surface area contributed by atoms with Gasteiger partial charge in [-0.05, 0) is 24.3 Å². The van der Waals surface area contributed by atoms with Crippen molar-refractivity contribution >= 4 is 23.5 Å². The molecule has 4 aromatic rings. The second kappa shape index (κ2) is 8.78. The van der Waals surface area contributed by atoms with Gasteiger partial charge < -0.3 is 19.3 Å². The van der Waals surface area contributed by atoms with Gasteiger partial charge in [-0.2, -0.15) is 0 Å². The van der Waals surface area contributed by atoms with Crippen LogP contribution in [0.15, 0.2) is 93.2 Å². The molecule has 0 spiro atoms. The van der Waals surface area contributed by atoms with Gasteiger partial charge in [-0.25, -0.2) is 9.97 Å². The molecule has 8 heteroatoms. The first-order valence-corrected chi connectivity index (χ1v) is 12.0. The van der Waals surface area contributed by atoms with E-state index < -0.39 is 12.2 Å². The lowest BCUT2D eigenvalue weighted by molar-refractivity contribution is -0.0963. The Hall–Kier alpha value is -2.52. The fraction of sp³-hybridized carbons (Fsp3) is 0.250. The molecule has 0 radical (unpaired) electrons. The number of aliphatic hydroxyl groups is 2. The summed E-state index contributed by atoms with van der Waals surface area (Å²) in [4.78, 5) is 11.4. The van der Waals surface area contributed by atoms with E-state index in [-0.39, 0.29) is 11.8 Å². The van der Waals surface area contributed by atoms with E-state index >= 15 is 0 Å². The molecule has 0 aliphatic heterocycles. The van der Waals surface area contributed by atoms with Crippen LogP contribution in [0.4, 0.5) is 0 Å². The van der Waals surface area contributed by atoms with Gasteiger partial charge in [0.2, 0.25) is 0 Å². The molecule has 6 nitrogen and oxygen atoms in total. The molecule has 1 saturated carbocycles. The molecule has 4 atom stereocenters. The zero-order valence-corrected chi connectivity index (χ0v) is 19.4. The summed E-state index contributed by atoms with van der Waals surface area (Å²) in [5.41, 5.74) is 1.81. The van der Waals surface area contributed by atoms with Crippen molar-refractivity contribution in [3.05, 3.63) is 84.4 Å². The predicted octanol–water partition coefficient (Wildman–Crippen LogP) is 4.06. The van der Waals surface area contributed by atoms with E-state index in [1.165, 1.54) is 0 Å². The normalized spacial score (nSPS) is 22.6. The van der Waals surface area contributed by atoms with Crippen LogP contribution in [-0.2, 0) is 14.1 Å². The molecular formula is C24H24N4O2S2. The van der Waals surface area contributed by atoms with Crippen LogP contribution >= 0.6 is 23.5 Å². The maximum Gasteiger partial charge on any atom is 0.172 e. The first-order chi connectivity index (χ1) is 15.5. The first kappa shape index (κ1) is 21.3. The van der Waals surface area contributed by atoms with Crippen LogP contribution in [-0.4, -0.2) is 41.5 Å². The largest absolute Gasteiger partial charge is 0.390 e. The van der Waals surface area contributed by atoms with E-state index in [1.807, 2.05) is 96.3 Å². The number of rotatable bonds is 6. The number of aliphatic hydroxyl groups excluding tert-OH is 2. The third-order valence-electron chi connectivity index (χ3n) is 6.02. The smallest absolute Gasteiger partial charge is 0.172 e. The zero-order chi connectivity index (χ0) is 22.2. The fourth-order valence-electron chi connectivity index (χ4n) is 4.23. The fourth-order valence-corrected chi connectivity index (χ4v) is 5.93. The number of imidazole rings is 2. The van der Waals surface area contributed by atoms with Crippen molar-refractivity contribution in [1.29, 1.82) is 0 Å². The minimum absolute atomic E-state index is 0.252. The summed E-state index contributed by atoms with van der Waals surface area (Å²) in [6, 6.07) is 20.2. The molecule has 2 aromatic carbocycles. The quantitative estimate of drug-likeness (QED) is 0.448. The van der Waals surface area contributed by atoms with Crippen LogP contribution in [0.5, 0.6) is 0 Å². The van der Waals surface area contributed by atoms with Crippen molar-refractivity contribution < 1.29 is 10.2 Å². The number of nitrogens with zero attached hydrogens (tertiary/aromatic N) is 4. The third-order valence-corrected chi connectivity index (χ3v) is 8.16. The Morgan fingerprint density at radius 2 is 1.03 bits per heavy atom. The van der Waals surface area contributed by atoms with Gasteiger partial charge in [-0.3, -0.25) is 0 Å². The summed E-state index contributed by atoms with van der Waals surface area (Å²) >= 11 is 3.16. The maximum absolute atomic E-state index is 10.7. The Kier molecular flexibility index (Phi) is 5.86. The SMILES string of the molecule is Cn1c([C@@H]2[C@@H](O)[C@@H](O)[C@@H]2c2cnc(Sc3ccccc3)n2C)cnc1Sc1ccccc1. The van der Waals surface area contributed by atoms with Gasteiger partial charge in [0.05, 0.1) is 12.2 Å². The summed E-state index contributed by atoms with van der Waals surface area (Å²) in [5, 5.41) is 23.1. The summed E-state index contributed by atoms with van der Waals surface area (Å²) < 4.78 is 4.03. The highest BCUT2D eigenvalue weighted by Crippen LogP contribution is 2.50. The molecule has 164 valence electrons. The summed E-state index contributed by atoms with van der Waals surface area (Å²) in [7, 11) is 3.92. The van der Waals surface area contributed by atoms with Gasteiger partial charge in [0.15, 0.2) is 10.3 Å². The van der Waals surface area contributed by atoms with Crippen LogP contribution in [0.1, 0.15) is 23.2 Å². The Labute approximate surface area is 195 Å². The van der Waals surface area contributed by atoms with Gasteiger partial charge in [0.25, 0.3) is 0 Å². The lowest BCUT2D eigenvalue weighted by atomic mass is 9.65. The van der Waals surface area contributed by atoms with Crippen LogP contribution in [0.2, 0.25) is 0 Å². The highest BCUT2D eigenvalue weighted by atomic mass is 32.2. The van der Waals surface area contributed by atoms with Crippen molar-refractivity contribution in [3.63, 3.8) is 0 Å². The van der Waals surface area contributed by atoms with Crippen molar-refractivity contribution in [2.24, 2.45) is 14.1 Å². The lowest BCUT2D eigenvalue weighted by Crippen LogP contribution is -2.53. The average molecular weight is 465 g/mol. The number of aromatic nitrogens is 4. The molecule has 32 heavy (non-hydrogen) atoms. The molecule has 0 saturated heterocycles. The molecule has 1 aliphatic carbocycles. The first-order valence-electron chi connectivity index (χ1n) is 10.4. The highest BCUT2D eigenvalue weighted by molar-refractivity contribution is 7.99. The van der Waals surface area contributed by atoms with Crippen molar-refractivity contribution in [3.8, 4) is 0 Å². The lowest BCUT2D eigenvalue weighted by Gasteiger charge is -2.46. The second-order valence-corrected chi connectivity index (χ2v) is 9.99. The molecule has 1 fully saturated rings. The number of hydrogen-bond donors (Lipinski definition) is 2. The van der Waals surface area contributed by atoms with Crippen molar-refractivity contribution in [2.45, 2.75) is 44.1 Å². The molecule has 2 aromatic heterocycles. The molecule has 0 unspecified atom stereocenters. The minimum atomic E-state index is -0.842. The second-order valence-electron chi connectivity index (χ2n) is 7.91. The Morgan fingerprint density at radius 3 is 1.41 bits per heavy atom. The third kappa shape index (κ3) is 3.77. The molecule has 1 aliphatic rings. The number of hydrogen-bond acceptors (Lipinski definition) is 6. The van der Waals surface area contributed by atoms with E-state index in [2.05, 4.69) is 9.97 Å². The average Bonchev–Trinajstić information content (AvgIpc) is 3.35. The van der Waals surface area contributed by atoms with Gasteiger partial charge >= 0.3 is 0 Å². The molecule has 2 N–H and O–H groups in total. The zero-order valence-electron chi connectivity index (χ0n) is 17.7. The standard InChI is InChI=1S/C24H24N4O2S2/c1-27-17(13-25-23(27)31-15-9-5-3-6-10-15)19-20(22(30)21(19)29)18-14-26-24(28(18)2)32-16-11-7-4-8-12-16/h3-14,19-22,29-30H,1-2H3/t19-,20+,21+,22-. The molecule has 5 rings (SSSR count). The number of benzene rings is 2. The molecular weight excluding hydrogens is 440 g/mol. The van der Waals surface area contributed by atoms with Gasteiger partial charge in [-0.1, -0.05) is 59.9 Å². The van der Waals surface area contributed by atoms with Crippen LogP contribution in [0, 0.1) is 0 Å². The maximum atomic E-state index is 10.7. The Bertz CT molecular complexity index is 1110. The van der Waals surface area contributed by atoms with E-state index in [4.69, 9.17) is 0 Å². The van der Waals surface area contributed by atoms with E-state index in [0.717, 1.165) is 31.5 Å². The Morgan fingerprint density at radius 1 is 0.656 bits per heavy atom. The van der Waals surface area contributed by atoms with Crippen molar-refractivity contribution in [1.82, 2.24) is 19.1 Å². The summed E-state index contributed by atoms with van der Waals surface area (Å²) in [5.74, 6) is -0.504. The van der Waals surface area contributed by atoms with Gasteiger partial charge in [0.1, 0.15) is 0 Å². The monoisotopic (exact) mass is 464 g/mol. The Balaban J connectivity index is 1.41. The summed E-state index contributed by atoms with van der Waals surface area (Å²) in [6.07, 6.45) is 1.94. The summed E-state index contributed by atoms with van der Waals surface area (Å²) in [6.45, 7) is 0.